The summed E-state index contributed by atoms with van der Waals surface area (Å²) in [5.74, 6) is 0.664. The highest BCUT2D eigenvalue weighted by molar-refractivity contribution is 7.91. The Balaban J connectivity index is 1.86. The predicted octanol–water partition coefficient (Wildman–Crippen LogP) is 1.92. The van der Waals surface area contributed by atoms with Gasteiger partial charge in [0.15, 0.2) is 0 Å². The van der Waals surface area contributed by atoms with Crippen LogP contribution < -0.4 is 0 Å². The predicted molar refractivity (Wildman–Crippen MR) is 83.3 cm³/mol. The molecule has 3 rings (SSSR count). The Morgan fingerprint density at radius 3 is 2.86 bits per heavy atom. The summed E-state index contributed by atoms with van der Waals surface area (Å²) < 4.78 is 32.8. The zero-order chi connectivity index (χ0) is 15.7. The molecule has 2 aromatic heterocycles. The highest BCUT2D eigenvalue weighted by Crippen LogP contribution is 2.27. The number of aromatic nitrogens is 2. The quantitative estimate of drug-likeness (QED) is 0.854. The molecule has 0 unspecified atom stereocenters. The molecule has 6 nitrogen and oxygen atoms in total. The molecule has 2 aromatic rings. The molecule has 118 valence electrons. The third-order valence-corrected chi connectivity index (χ3v) is 6.67. The number of hydrogen-bond donors (Lipinski definition) is 0. The van der Waals surface area contributed by atoms with Crippen LogP contribution in [0.1, 0.15) is 23.3 Å². The fourth-order valence-corrected chi connectivity index (χ4v) is 5.04. The van der Waals surface area contributed by atoms with Crippen molar-refractivity contribution in [1.29, 1.82) is 0 Å². The van der Waals surface area contributed by atoms with Gasteiger partial charge in [0.25, 0.3) is 10.0 Å². The molecule has 0 aliphatic carbocycles. The van der Waals surface area contributed by atoms with Crippen molar-refractivity contribution in [1.82, 2.24) is 14.3 Å². The van der Waals surface area contributed by atoms with Gasteiger partial charge in [-0.1, -0.05) is 6.07 Å². The minimum absolute atomic E-state index is 0.274. The van der Waals surface area contributed by atoms with Gasteiger partial charge in [-0.3, -0.25) is 0 Å². The van der Waals surface area contributed by atoms with Crippen molar-refractivity contribution in [2.75, 3.05) is 19.7 Å². The first-order chi connectivity index (χ1) is 10.5. The average molecular weight is 339 g/mol. The van der Waals surface area contributed by atoms with Gasteiger partial charge in [0.05, 0.1) is 12.3 Å². The lowest BCUT2D eigenvalue weighted by Gasteiger charge is -2.31. The van der Waals surface area contributed by atoms with Crippen molar-refractivity contribution >= 4 is 21.4 Å². The van der Waals surface area contributed by atoms with Crippen molar-refractivity contribution in [3.63, 3.8) is 0 Å². The van der Waals surface area contributed by atoms with Gasteiger partial charge in [0.1, 0.15) is 16.1 Å². The van der Waals surface area contributed by atoms with Crippen LogP contribution in [0.3, 0.4) is 0 Å². The van der Waals surface area contributed by atoms with E-state index in [0.717, 1.165) is 11.4 Å². The van der Waals surface area contributed by atoms with Crippen molar-refractivity contribution < 1.29 is 13.2 Å². The number of nitrogens with zero attached hydrogens (tertiary/aromatic N) is 3. The van der Waals surface area contributed by atoms with E-state index in [1.165, 1.54) is 15.6 Å². The average Bonchev–Trinajstić information content (AvgIpc) is 3.01. The minimum atomic E-state index is -3.45. The first-order valence-corrected chi connectivity index (χ1v) is 9.26. The molecule has 22 heavy (non-hydrogen) atoms. The number of sulfonamides is 1. The maximum absolute atomic E-state index is 12.6. The molecule has 0 N–H and O–H groups in total. The maximum Gasteiger partial charge on any atom is 0.252 e. The van der Waals surface area contributed by atoms with E-state index in [0.29, 0.717) is 23.2 Å². The lowest BCUT2D eigenvalue weighted by molar-refractivity contribution is -0.00507. The monoisotopic (exact) mass is 339 g/mol. The van der Waals surface area contributed by atoms with Crippen LogP contribution in [0, 0.1) is 13.8 Å². The van der Waals surface area contributed by atoms with E-state index < -0.39 is 10.0 Å². The molecule has 0 amide bonds. The molecule has 3 heterocycles. The fraction of sp³-hybridized carbons (Fsp3) is 0.429. The van der Waals surface area contributed by atoms with Crippen LogP contribution in [0.2, 0.25) is 0 Å². The van der Waals surface area contributed by atoms with Crippen LogP contribution in [0.4, 0.5) is 0 Å². The molecule has 1 aliphatic heterocycles. The zero-order valence-corrected chi connectivity index (χ0v) is 14.0. The third-order valence-electron chi connectivity index (χ3n) is 3.43. The second-order valence-corrected chi connectivity index (χ2v) is 8.25. The van der Waals surface area contributed by atoms with Gasteiger partial charge < -0.3 is 4.74 Å². The van der Waals surface area contributed by atoms with E-state index in [4.69, 9.17) is 4.74 Å². The number of thiophene rings is 1. The summed E-state index contributed by atoms with van der Waals surface area (Å²) in [6, 6.07) is 5.22. The Morgan fingerprint density at radius 1 is 1.36 bits per heavy atom. The number of morpholine rings is 1. The molecule has 1 aliphatic rings. The molecule has 1 fully saturated rings. The normalized spacial score (nSPS) is 20.2. The zero-order valence-electron chi connectivity index (χ0n) is 12.4. The fourth-order valence-electron chi connectivity index (χ4n) is 2.47. The second kappa shape index (κ2) is 6.04. The van der Waals surface area contributed by atoms with Crippen molar-refractivity contribution in [2.45, 2.75) is 24.2 Å². The van der Waals surface area contributed by atoms with Crippen LogP contribution in [-0.4, -0.2) is 42.4 Å². The molecular weight excluding hydrogens is 322 g/mol. The number of aryl methyl sites for hydroxylation is 2. The lowest BCUT2D eigenvalue weighted by atomic mass is 10.2. The number of ether oxygens (including phenoxy) is 1. The second-order valence-electron chi connectivity index (χ2n) is 5.14. The Labute approximate surface area is 133 Å². The van der Waals surface area contributed by atoms with E-state index in [2.05, 4.69) is 9.97 Å². The Morgan fingerprint density at radius 2 is 2.18 bits per heavy atom. The molecule has 0 spiro atoms. The summed E-state index contributed by atoms with van der Waals surface area (Å²) in [6.07, 6.45) is -0.358. The first-order valence-electron chi connectivity index (χ1n) is 6.94. The number of hydrogen-bond acceptors (Lipinski definition) is 6. The molecule has 0 aromatic carbocycles. The van der Waals surface area contributed by atoms with Gasteiger partial charge in [-0.25, -0.2) is 18.4 Å². The van der Waals surface area contributed by atoms with E-state index in [9.17, 15) is 8.42 Å². The Hall–Kier alpha value is -1.35. The molecule has 1 saturated heterocycles. The molecule has 0 radical (unpaired) electrons. The van der Waals surface area contributed by atoms with Crippen LogP contribution >= 0.6 is 11.3 Å². The smallest absolute Gasteiger partial charge is 0.252 e. The summed E-state index contributed by atoms with van der Waals surface area (Å²) in [7, 11) is -3.45. The summed E-state index contributed by atoms with van der Waals surface area (Å²) in [4.78, 5) is 8.62. The van der Waals surface area contributed by atoms with Crippen molar-refractivity contribution in [3.05, 3.63) is 40.8 Å². The summed E-state index contributed by atoms with van der Waals surface area (Å²) >= 11 is 1.23. The van der Waals surface area contributed by atoms with Crippen LogP contribution in [0.25, 0.3) is 0 Å². The molecule has 8 heteroatoms. The van der Waals surface area contributed by atoms with Crippen LogP contribution in [0.5, 0.6) is 0 Å². The van der Waals surface area contributed by atoms with Gasteiger partial charge >= 0.3 is 0 Å². The van der Waals surface area contributed by atoms with Crippen molar-refractivity contribution in [3.8, 4) is 0 Å². The van der Waals surface area contributed by atoms with Crippen LogP contribution in [0.15, 0.2) is 27.8 Å². The highest BCUT2D eigenvalue weighted by Gasteiger charge is 2.32. The number of rotatable bonds is 3. The maximum atomic E-state index is 12.6. The standard InChI is InChI=1S/C14H17N3O3S2/c1-10-8-12(16-11(2)15-10)13-9-17(5-6-20-13)22(18,19)14-4-3-7-21-14/h3-4,7-8,13H,5-6,9H2,1-2H3/t13-/m1/s1. The minimum Gasteiger partial charge on any atom is -0.369 e. The SMILES string of the molecule is Cc1cc([C@H]2CN(S(=O)(=O)c3cccs3)CCO2)nc(C)n1. The van der Waals surface area contributed by atoms with Gasteiger partial charge in [0, 0.05) is 18.8 Å². The van der Waals surface area contributed by atoms with Gasteiger partial charge in [-0.05, 0) is 31.4 Å². The summed E-state index contributed by atoms with van der Waals surface area (Å²) in [6.45, 7) is 4.70. The third kappa shape index (κ3) is 3.05. The largest absolute Gasteiger partial charge is 0.369 e. The van der Waals surface area contributed by atoms with Gasteiger partial charge in [-0.15, -0.1) is 11.3 Å². The summed E-state index contributed by atoms with van der Waals surface area (Å²) in [5, 5.41) is 1.77. The topological polar surface area (TPSA) is 72.4 Å². The molecule has 0 saturated carbocycles. The van der Waals surface area contributed by atoms with E-state index in [-0.39, 0.29) is 12.6 Å². The van der Waals surface area contributed by atoms with Gasteiger partial charge in [-0.2, -0.15) is 4.31 Å². The Bertz CT molecular complexity index is 739. The summed E-state index contributed by atoms with van der Waals surface area (Å²) in [5.41, 5.74) is 1.58. The van der Waals surface area contributed by atoms with E-state index in [1.807, 2.05) is 19.9 Å². The lowest BCUT2D eigenvalue weighted by Crippen LogP contribution is -2.42. The van der Waals surface area contributed by atoms with Crippen molar-refractivity contribution in [2.24, 2.45) is 0 Å². The molecule has 0 bridgehead atoms. The van der Waals surface area contributed by atoms with Gasteiger partial charge in [0.2, 0.25) is 0 Å². The molecular formula is C14H17N3O3S2. The van der Waals surface area contributed by atoms with Crippen LogP contribution in [-0.2, 0) is 14.8 Å². The van der Waals surface area contributed by atoms with E-state index in [1.54, 1.807) is 17.5 Å². The first kappa shape index (κ1) is 15.5. The van der Waals surface area contributed by atoms with E-state index >= 15 is 0 Å². The highest BCUT2D eigenvalue weighted by atomic mass is 32.2. The molecule has 1 atom stereocenters. The Kier molecular flexibility index (Phi) is 4.26.